The number of halogens is 1. The Morgan fingerprint density at radius 3 is 2.56 bits per heavy atom. The lowest BCUT2D eigenvalue weighted by Crippen LogP contribution is -2.37. The van der Waals surface area contributed by atoms with Crippen molar-refractivity contribution in [2.24, 2.45) is 0 Å². The van der Waals surface area contributed by atoms with Crippen LogP contribution >= 0.6 is 23.7 Å². The van der Waals surface area contributed by atoms with Crippen molar-refractivity contribution in [2.45, 2.75) is 38.6 Å². The topological polar surface area (TPSA) is 42.0 Å². The molecular weight excluding hydrogens is 468 g/mol. The van der Waals surface area contributed by atoms with E-state index in [-0.39, 0.29) is 18.3 Å². The molecule has 4 rings (SSSR count). The van der Waals surface area contributed by atoms with Gasteiger partial charge in [-0.1, -0.05) is 18.2 Å². The standard InChI is InChI=1S/C27H34N2O3S.ClH/c1-19(14-22-18-33-26-9-6-5-8-23(22)26)28(2)11-7-12-29-13-10-20-15-24(31-3)25(32-4)16-21(20)17-27(29)30;/h5-6,8-9,15-16,18-19H,7,10-14,17H2,1-4H3;1H. The molecule has 0 aliphatic carbocycles. The van der Waals surface area contributed by atoms with E-state index in [9.17, 15) is 4.79 Å². The number of carbonyl (C=O) groups is 1. The van der Waals surface area contributed by atoms with Crippen molar-refractivity contribution in [2.75, 3.05) is 40.9 Å². The molecule has 0 spiro atoms. The molecule has 0 N–H and O–H groups in total. The zero-order chi connectivity index (χ0) is 23.4. The van der Waals surface area contributed by atoms with Crippen LogP contribution in [-0.2, 0) is 24.1 Å². The van der Waals surface area contributed by atoms with Crippen LogP contribution in [0, 0.1) is 0 Å². The molecule has 5 nitrogen and oxygen atoms in total. The average Bonchev–Trinajstić information content (AvgIpc) is 3.16. The summed E-state index contributed by atoms with van der Waals surface area (Å²) in [6, 6.07) is 13.1. The van der Waals surface area contributed by atoms with Crippen molar-refractivity contribution in [1.82, 2.24) is 9.80 Å². The molecular formula is C27H35ClN2O3S. The average molecular weight is 503 g/mol. The first-order valence-corrected chi connectivity index (χ1v) is 12.5. The van der Waals surface area contributed by atoms with Crippen molar-refractivity contribution in [3.63, 3.8) is 0 Å². The number of rotatable bonds is 9. The molecule has 0 bridgehead atoms. The Labute approximate surface area is 213 Å². The Morgan fingerprint density at radius 2 is 1.82 bits per heavy atom. The van der Waals surface area contributed by atoms with Gasteiger partial charge in [0.1, 0.15) is 0 Å². The van der Waals surface area contributed by atoms with E-state index < -0.39 is 0 Å². The van der Waals surface area contributed by atoms with E-state index in [2.05, 4.69) is 48.5 Å². The second-order valence-corrected chi connectivity index (χ2v) is 9.84. The number of hydrogen-bond donors (Lipinski definition) is 0. The fraction of sp³-hybridized carbons (Fsp3) is 0.444. The number of ether oxygens (including phenoxy) is 2. The van der Waals surface area contributed by atoms with E-state index in [4.69, 9.17) is 9.47 Å². The van der Waals surface area contributed by atoms with Crippen molar-refractivity contribution < 1.29 is 14.3 Å². The minimum Gasteiger partial charge on any atom is -0.493 e. The van der Waals surface area contributed by atoms with Crippen LogP contribution in [0.5, 0.6) is 11.5 Å². The Morgan fingerprint density at radius 1 is 1.12 bits per heavy atom. The lowest BCUT2D eigenvalue weighted by molar-refractivity contribution is -0.130. The fourth-order valence-corrected chi connectivity index (χ4v) is 5.62. The molecule has 1 aliphatic rings. The molecule has 1 amide bonds. The second kappa shape index (κ2) is 11.9. The smallest absolute Gasteiger partial charge is 0.227 e. The number of thiophene rings is 1. The van der Waals surface area contributed by atoms with Crippen LogP contribution < -0.4 is 9.47 Å². The van der Waals surface area contributed by atoms with Crippen LogP contribution in [-0.4, -0.2) is 62.7 Å². The van der Waals surface area contributed by atoms with Gasteiger partial charge in [0.2, 0.25) is 5.91 Å². The second-order valence-electron chi connectivity index (χ2n) is 8.93. The Balaban J connectivity index is 0.00000324. The van der Waals surface area contributed by atoms with Crippen LogP contribution in [0.15, 0.2) is 41.8 Å². The van der Waals surface area contributed by atoms with Crippen LogP contribution in [0.2, 0.25) is 0 Å². The summed E-state index contributed by atoms with van der Waals surface area (Å²) >= 11 is 1.83. The van der Waals surface area contributed by atoms with Crippen molar-refractivity contribution in [1.29, 1.82) is 0 Å². The Hall–Kier alpha value is -2.28. The summed E-state index contributed by atoms with van der Waals surface area (Å²) < 4.78 is 12.2. The van der Waals surface area contributed by atoms with Crippen LogP contribution in [0.4, 0.5) is 0 Å². The maximum absolute atomic E-state index is 12.9. The molecule has 1 atom stereocenters. The number of hydrogen-bond acceptors (Lipinski definition) is 5. The predicted molar refractivity (Wildman–Crippen MR) is 143 cm³/mol. The van der Waals surface area contributed by atoms with Gasteiger partial charge in [-0.2, -0.15) is 0 Å². The summed E-state index contributed by atoms with van der Waals surface area (Å²) in [5.74, 6) is 1.61. The van der Waals surface area contributed by atoms with Gasteiger partial charge < -0.3 is 19.3 Å². The number of amides is 1. The number of nitrogens with zero attached hydrogens (tertiary/aromatic N) is 2. The largest absolute Gasteiger partial charge is 0.493 e. The minimum absolute atomic E-state index is 0. The molecule has 1 unspecified atom stereocenters. The first kappa shape index (κ1) is 26.3. The Kier molecular flexibility index (Phi) is 9.23. The van der Waals surface area contributed by atoms with Gasteiger partial charge in [-0.15, -0.1) is 23.7 Å². The van der Waals surface area contributed by atoms with Crippen molar-refractivity contribution in [3.8, 4) is 11.5 Å². The molecule has 2 aromatic carbocycles. The first-order valence-electron chi connectivity index (χ1n) is 11.7. The summed E-state index contributed by atoms with van der Waals surface area (Å²) in [6.07, 6.45) is 3.29. The summed E-state index contributed by atoms with van der Waals surface area (Å²) in [6.45, 7) is 4.81. The first-order chi connectivity index (χ1) is 16.0. The zero-order valence-corrected chi connectivity index (χ0v) is 22.1. The van der Waals surface area contributed by atoms with Gasteiger partial charge in [-0.3, -0.25) is 4.79 Å². The van der Waals surface area contributed by atoms with Crippen LogP contribution in [0.25, 0.3) is 10.1 Å². The quantitative estimate of drug-likeness (QED) is 0.402. The third-order valence-corrected chi connectivity index (χ3v) is 7.83. The highest BCUT2D eigenvalue weighted by molar-refractivity contribution is 7.17. The Bertz CT molecular complexity index is 1120. The number of benzene rings is 2. The number of likely N-dealkylation sites (N-methyl/N-ethyl adjacent to an activating group) is 1. The van der Waals surface area contributed by atoms with Gasteiger partial charge in [-0.05, 0) is 85.4 Å². The maximum Gasteiger partial charge on any atom is 0.227 e. The lowest BCUT2D eigenvalue weighted by Gasteiger charge is -2.27. The van der Waals surface area contributed by atoms with Gasteiger partial charge in [0, 0.05) is 23.8 Å². The van der Waals surface area contributed by atoms with E-state index in [0.29, 0.717) is 18.2 Å². The van der Waals surface area contributed by atoms with Gasteiger partial charge in [0.15, 0.2) is 11.5 Å². The third kappa shape index (κ3) is 5.85. The van der Waals surface area contributed by atoms with Crippen molar-refractivity contribution >= 4 is 39.7 Å². The molecule has 34 heavy (non-hydrogen) atoms. The van der Waals surface area contributed by atoms with Crippen LogP contribution in [0.3, 0.4) is 0 Å². The predicted octanol–water partition coefficient (Wildman–Crippen LogP) is 5.22. The van der Waals surface area contributed by atoms with E-state index >= 15 is 0 Å². The fourth-order valence-electron chi connectivity index (χ4n) is 4.65. The SMILES string of the molecule is COc1cc2c(cc1OC)CC(=O)N(CCCN(C)C(C)Cc1csc3ccccc13)CC2.Cl. The summed E-state index contributed by atoms with van der Waals surface area (Å²) in [5.41, 5.74) is 3.66. The van der Waals surface area contributed by atoms with Crippen molar-refractivity contribution in [3.05, 3.63) is 58.5 Å². The monoisotopic (exact) mass is 502 g/mol. The molecule has 7 heteroatoms. The van der Waals surface area contributed by atoms with Gasteiger partial charge in [0.25, 0.3) is 0 Å². The van der Waals surface area contributed by atoms with Crippen LogP contribution in [0.1, 0.15) is 30.0 Å². The zero-order valence-electron chi connectivity index (χ0n) is 20.5. The highest BCUT2D eigenvalue weighted by Crippen LogP contribution is 2.32. The highest BCUT2D eigenvalue weighted by Gasteiger charge is 2.23. The number of fused-ring (bicyclic) bond motifs is 2. The highest BCUT2D eigenvalue weighted by atomic mass is 35.5. The molecule has 1 aromatic heterocycles. The lowest BCUT2D eigenvalue weighted by atomic mass is 10.0. The van der Waals surface area contributed by atoms with E-state index in [1.54, 1.807) is 14.2 Å². The molecule has 184 valence electrons. The molecule has 0 radical (unpaired) electrons. The molecule has 2 heterocycles. The summed E-state index contributed by atoms with van der Waals surface area (Å²) in [7, 11) is 5.47. The normalized spacial score (nSPS) is 14.5. The molecule has 0 saturated carbocycles. The molecule has 0 saturated heterocycles. The maximum atomic E-state index is 12.9. The third-order valence-electron chi connectivity index (χ3n) is 6.82. The van der Waals surface area contributed by atoms with Gasteiger partial charge in [0.05, 0.1) is 20.6 Å². The van der Waals surface area contributed by atoms with Gasteiger partial charge >= 0.3 is 0 Å². The molecule has 3 aromatic rings. The summed E-state index contributed by atoms with van der Waals surface area (Å²) in [4.78, 5) is 17.4. The molecule has 1 aliphatic heterocycles. The van der Waals surface area contributed by atoms with Gasteiger partial charge in [-0.25, -0.2) is 0 Å². The molecule has 0 fully saturated rings. The number of methoxy groups -OCH3 is 2. The number of carbonyl (C=O) groups excluding carboxylic acids is 1. The summed E-state index contributed by atoms with van der Waals surface area (Å²) in [5, 5.41) is 3.68. The minimum atomic E-state index is 0. The van der Waals surface area contributed by atoms with E-state index in [1.807, 2.05) is 28.4 Å². The van der Waals surface area contributed by atoms with E-state index in [1.165, 1.54) is 21.2 Å². The van der Waals surface area contributed by atoms with E-state index in [0.717, 1.165) is 50.2 Å².